The molecule has 0 radical (unpaired) electrons. The molecule has 2 fully saturated rings. The highest BCUT2D eigenvalue weighted by molar-refractivity contribution is 5.78. The zero-order valence-corrected chi connectivity index (χ0v) is 14.6. The molecule has 2 amide bonds. The number of hydrogen-bond donors (Lipinski definition) is 1. The minimum absolute atomic E-state index is 0.0180. The number of amides is 2. The summed E-state index contributed by atoms with van der Waals surface area (Å²) in [4.78, 5) is 28.0. The van der Waals surface area contributed by atoms with Crippen LogP contribution < -0.4 is 5.32 Å². The summed E-state index contributed by atoms with van der Waals surface area (Å²) in [5, 5.41) is 2.95. The smallest absolute Gasteiger partial charge is 0.222 e. The molecule has 2 atom stereocenters. The summed E-state index contributed by atoms with van der Waals surface area (Å²) in [5.41, 5.74) is 0. The Bertz CT molecular complexity index is 399. The topological polar surface area (TPSA) is 61.9 Å². The Labute approximate surface area is 139 Å². The maximum absolute atomic E-state index is 11.9. The highest BCUT2D eigenvalue weighted by atomic mass is 16.5. The van der Waals surface area contributed by atoms with Crippen LogP contribution in [-0.4, -0.2) is 73.1 Å². The molecule has 2 unspecified atom stereocenters. The number of morpholine rings is 1. The van der Waals surface area contributed by atoms with Crippen molar-refractivity contribution in [2.75, 3.05) is 39.3 Å². The van der Waals surface area contributed by atoms with Crippen LogP contribution in [0.3, 0.4) is 0 Å². The first-order valence-corrected chi connectivity index (χ1v) is 9.04. The molecule has 6 nitrogen and oxygen atoms in total. The molecular weight excluding hydrogens is 294 g/mol. The number of hydrogen-bond acceptors (Lipinski definition) is 4. The zero-order chi connectivity index (χ0) is 16.7. The highest BCUT2D eigenvalue weighted by Gasteiger charge is 2.32. The van der Waals surface area contributed by atoms with Gasteiger partial charge in [0.1, 0.15) is 0 Å². The van der Waals surface area contributed by atoms with E-state index in [4.69, 9.17) is 4.74 Å². The molecule has 0 aromatic carbocycles. The lowest BCUT2D eigenvalue weighted by Gasteiger charge is -2.35. The van der Waals surface area contributed by atoms with E-state index in [0.717, 1.165) is 32.8 Å². The Morgan fingerprint density at radius 1 is 1.26 bits per heavy atom. The SMILES string of the molecule is CCN(CC)C(=O)CCCC(=O)NCC1CN2CCCC2CO1. The van der Waals surface area contributed by atoms with Gasteiger partial charge in [-0.25, -0.2) is 0 Å². The van der Waals surface area contributed by atoms with E-state index in [2.05, 4.69) is 10.2 Å². The van der Waals surface area contributed by atoms with Gasteiger partial charge < -0.3 is 15.0 Å². The lowest BCUT2D eigenvalue weighted by molar-refractivity contribution is -0.131. The summed E-state index contributed by atoms with van der Waals surface area (Å²) in [6.07, 6.45) is 4.07. The van der Waals surface area contributed by atoms with Gasteiger partial charge in [0.15, 0.2) is 0 Å². The minimum Gasteiger partial charge on any atom is -0.373 e. The van der Waals surface area contributed by atoms with Crippen molar-refractivity contribution in [3.05, 3.63) is 0 Å². The van der Waals surface area contributed by atoms with E-state index in [1.54, 1.807) is 4.90 Å². The number of carbonyl (C=O) groups is 2. The largest absolute Gasteiger partial charge is 0.373 e. The first kappa shape index (κ1) is 18.2. The monoisotopic (exact) mass is 325 g/mol. The Balaban J connectivity index is 1.57. The van der Waals surface area contributed by atoms with E-state index < -0.39 is 0 Å². The van der Waals surface area contributed by atoms with E-state index in [1.165, 1.54) is 12.8 Å². The zero-order valence-electron chi connectivity index (χ0n) is 14.6. The van der Waals surface area contributed by atoms with Crippen molar-refractivity contribution in [1.29, 1.82) is 0 Å². The molecule has 0 spiro atoms. The summed E-state index contributed by atoms with van der Waals surface area (Å²) in [6, 6.07) is 0.591. The molecule has 2 aliphatic heterocycles. The molecule has 0 aromatic rings. The second-order valence-electron chi connectivity index (χ2n) is 6.47. The van der Waals surface area contributed by atoms with E-state index in [0.29, 0.717) is 31.8 Å². The van der Waals surface area contributed by atoms with Crippen LogP contribution in [0.1, 0.15) is 46.0 Å². The van der Waals surface area contributed by atoms with Crippen LogP contribution in [0, 0.1) is 0 Å². The minimum atomic E-state index is 0.0180. The summed E-state index contributed by atoms with van der Waals surface area (Å²) in [5.74, 6) is 0.156. The van der Waals surface area contributed by atoms with Crippen molar-refractivity contribution < 1.29 is 14.3 Å². The van der Waals surface area contributed by atoms with Crippen molar-refractivity contribution in [3.63, 3.8) is 0 Å². The van der Waals surface area contributed by atoms with Gasteiger partial charge in [-0.05, 0) is 39.7 Å². The Hall–Kier alpha value is -1.14. The van der Waals surface area contributed by atoms with Gasteiger partial charge in [-0.1, -0.05) is 0 Å². The normalized spacial score (nSPS) is 24.3. The fourth-order valence-electron chi connectivity index (χ4n) is 3.46. The maximum Gasteiger partial charge on any atom is 0.222 e. The molecule has 2 saturated heterocycles. The number of rotatable bonds is 8. The van der Waals surface area contributed by atoms with Gasteiger partial charge in [0.05, 0.1) is 12.7 Å². The van der Waals surface area contributed by atoms with E-state index in [-0.39, 0.29) is 17.9 Å². The maximum atomic E-state index is 11.9. The number of nitrogens with zero attached hydrogens (tertiary/aromatic N) is 2. The number of ether oxygens (including phenoxy) is 1. The van der Waals surface area contributed by atoms with Gasteiger partial charge in [-0.15, -0.1) is 0 Å². The van der Waals surface area contributed by atoms with Crippen molar-refractivity contribution in [3.8, 4) is 0 Å². The lowest BCUT2D eigenvalue weighted by atomic mass is 10.2. The van der Waals surface area contributed by atoms with Crippen molar-refractivity contribution in [2.45, 2.75) is 58.1 Å². The molecule has 6 heteroatoms. The first-order valence-electron chi connectivity index (χ1n) is 9.04. The van der Waals surface area contributed by atoms with Crippen LogP contribution in [0.25, 0.3) is 0 Å². The van der Waals surface area contributed by atoms with Gasteiger partial charge in [-0.2, -0.15) is 0 Å². The second-order valence-corrected chi connectivity index (χ2v) is 6.47. The Morgan fingerprint density at radius 3 is 2.78 bits per heavy atom. The molecule has 132 valence electrons. The third-order valence-corrected chi connectivity index (χ3v) is 4.90. The van der Waals surface area contributed by atoms with Crippen LogP contribution in [0.15, 0.2) is 0 Å². The quantitative estimate of drug-likeness (QED) is 0.723. The third-order valence-electron chi connectivity index (χ3n) is 4.90. The second kappa shape index (κ2) is 9.23. The van der Waals surface area contributed by atoms with Crippen LogP contribution in [0.2, 0.25) is 0 Å². The van der Waals surface area contributed by atoms with Crippen molar-refractivity contribution in [1.82, 2.24) is 15.1 Å². The third kappa shape index (κ3) is 5.46. The predicted octanol–water partition coefficient (Wildman–Crippen LogP) is 1.00. The van der Waals surface area contributed by atoms with E-state index >= 15 is 0 Å². The lowest BCUT2D eigenvalue weighted by Crippen LogP contribution is -2.50. The molecule has 0 aromatic heterocycles. The average Bonchev–Trinajstić information content (AvgIpc) is 3.01. The fourth-order valence-corrected chi connectivity index (χ4v) is 3.46. The van der Waals surface area contributed by atoms with Crippen LogP contribution in [-0.2, 0) is 14.3 Å². The summed E-state index contributed by atoms with van der Waals surface area (Å²) < 4.78 is 5.83. The number of nitrogens with one attached hydrogen (secondary N) is 1. The Morgan fingerprint density at radius 2 is 2.04 bits per heavy atom. The van der Waals surface area contributed by atoms with Crippen molar-refractivity contribution in [2.24, 2.45) is 0 Å². The average molecular weight is 325 g/mol. The molecule has 0 aliphatic carbocycles. The molecule has 0 saturated carbocycles. The predicted molar refractivity (Wildman–Crippen MR) is 89.1 cm³/mol. The number of carbonyl (C=O) groups excluding carboxylic acids is 2. The fraction of sp³-hybridized carbons (Fsp3) is 0.882. The molecule has 23 heavy (non-hydrogen) atoms. The number of fused-ring (bicyclic) bond motifs is 1. The molecule has 2 aliphatic rings. The van der Waals surface area contributed by atoms with Gasteiger partial charge >= 0.3 is 0 Å². The summed E-state index contributed by atoms with van der Waals surface area (Å²) >= 11 is 0. The summed E-state index contributed by atoms with van der Waals surface area (Å²) in [6.45, 7) is 8.87. The van der Waals surface area contributed by atoms with Crippen LogP contribution >= 0.6 is 0 Å². The van der Waals surface area contributed by atoms with E-state index in [9.17, 15) is 9.59 Å². The van der Waals surface area contributed by atoms with Gasteiger partial charge in [-0.3, -0.25) is 14.5 Å². The van der Waals surface area contributed by atoms with Gasteiger partial charge in [0.25, 0.3) is 0 Å². The molecule has 0 bridgehead atoms. The van der Waals surface area contributed by atoms with Crippen LogP contribution in [0.4, 0.5) is 0 Å². The van der Waals surface area contributed by atoms with Gasteiger partial charge in [0, 0.05) is 45.1 Å². The molecular formula is C17H31N3O3. The van der Waals surface area contributed by atoms with Gasteiger partial charge in [0.2, 0.25) is 11.8 Å². The molecule has 2 rings (SSSR count). The molecule has 2 heterocycles. The van der Waals surface area contributed by atoms with Crippen LogP contribution in [0.5, 0.6) is 0 Å². The summed E-state index contributed by atoms with van der Waals surface area (Å²) in [7, 11) is 0. The standard InChI is InChI=1S/C17H31N3O3/c1-3-19(4-2)17(22)9-5-8-16(21)18-11-15-12-20-10-6-7-14(20)13-23-15/h14-15H,3-13H2,1-2H3,(H,18,21). The van der Waals surface area contributed by atoms with Crippen molar-refractivity contribution >= 4 is 11.8 Å². The Kier molecular flexibility index (Phi) is 7.30. The highest BCUT2D eigenvalue weighted by Crippen LogP contribution is 2.22. The molecule has 1 N–H and O–H groups in total. The van der Waals surface area contributed by atoms with E-state index in [1.807, 2.05) is 13.8 Å². The first-order chi connectivity index (χ1) is 11.1.